The summed E-state index contributed by atoms with van der Waals surface area (Å²) in [5.41, 5.74) is 4.12. The van der Waals surface area contributed by atoms with Gasteiger partial charge in [-0.1, -0.05) is 72.8 Å². The first-order valence-electron chi connectivity index (χ1n) is 8.28. The maximum atomic E-state index is 11.5. The number of ether oxygens (including phenoxy) is 1. The lowest BCUT2D eigenvalue weighted by molar-refractivity contribution is 0.0600. The number of hydrogen-bond acceptors (Lipinski definition) is 3. The zero-order valence-electron chi connectivity index (χ0n) is 14.2. The SMILES string of the molecule is COC(=O)c1ccc(CNC(c2ccccc2)c2ccccc2)cc1. The zero-order valence-corrected chi connectivity index (χ0v) is 14.2. The van der Waals surface area contributed by atoms with Gasteiger partial charge in [0.1, 0.15) is 0 Å². The maximum absolute atomic E-state index is 11.5. The highest BCUT2D eigenvalue weighted by molar-refractivity contribution is 5.89. The van der Waals surface area contributed by atoms with Crippen LogP contribution in [0.2, 0.25) is 0 Å². The van der Waals surface area contributed by atoms with Gasteiger partial charge in [0.05, 0.1) is 18.7 Å². The van der Waals surface area contributed by atoms with Crippen LogP contribution in [0, 0.1) is 0 Å². The van der Waals surface area contributed by atoms with E-state index in [1.807, 2.05) is 24.3 Å². The average molecular weight is 331 g/mol. The molecule has 0 aromatic heterocycles. The lowest BCUT2D eigenvalue weighted by Gasteiger charge is -2.20. The minimum absolute atomic E-state index is 0.114. The molecule has 0 saturated carbocycles. The molecule has 25 heavy (non-hydrogen) atoms. The van der Waals surface area contributed by atoms with E-state index in [1.54, 1.807) is 12.1 Å². The smallest absolute Gasteiger partial charge is 0.337 e. The van der Waals surface area contributed by atoms with Crippen molar-refractivity contribution in [2.75, 3.05) is 7.11 Å². The second kappa shape index (κ2) is 8.27. The number of rotatable bonds is 6. The summed E-state index contributed by atoms with van der Waals surface area (Å²) in [6, 6.07) is 28.4. The molecular formula is C22H21NO2. The van der Waals surface area contributed by atoms with Gasteiger partial charge in [0.25, 0.3) is 0 Å². The van der Waals surface area contributed by atoms with E-state index in [9.17, 15) is 4.79 Å². The summed E-state index contributed by atoms with van der Waals surface area (Å²) in [6.45, 7) is 0.704. The molecule has 0 saturated heterocycles. The van der Waals surface area contributed by atoms with Crippen molar-refractivity contribution in [2.45, 2.75) is 12.6 Å². The molecular weight excluding hydrogens is 310 g/mol. The van der Waals surface area contributed by atoms with Gasteiger partial charge in [0.15, 0.2) is 0 Å². The molecule has 3 nitrogen and oxygen atoms in total. The number of esters is 1. The minimum atomic E-state index is -0.314. The van der Waals surface area contributed by atoms with Crippen LogP contribution < -0.4 is 5.32 Å². The Bertz CT molecular complexity index is 759. The lowest BCUT2D eigenvalue weighted by Crippen LogP contribution is -2.22. The summed E-state index contributed by atoms with van der Waals surface area (Å²) in [6.07, 6.45) is 0. The first-order chi connectivity index (χ1) is 12.3. The van der Waals surface area contributed by atoms with Crippen molar-refractivity contribution >= 4 is 5.97 Å². The van der Waals surface area contributed by atoms with Crippen molar-refractivity contribution in [3.8, 4) is 0 Å². The molecule has 0 heterocycles. The summed E-state index contributed by atoms with van der Waals surface area (Å²) in [5.74, 6) is -0.314. The molecule has 0 atom stereocenters. The summed E-state index contributed by atoms with van der Waals surface area (Å²) < 4.78 is 4.74. The molecule has 0 aliphatic heterocycles. The van der Waals surface area contributed by atoms with Crippen LogP contribution in [0.1, 0.15) is 33.1 Å². The molecule has 0 radical (unpaired) electrons. The predicted octanol–water partition coefficient (Wildman–Crippen LogP) is 4.35. The minimum Gasteiger partial charge on any atom is -0.465 e. The monoisotopic (exact) mass is 331 g/mol. The first kappa shape index (κ1) is 16.9. The Kier molecular flexibility index (Phi) is 5.60. The number of nitrogens with one attached hydrogen (secondary N) is 1. The van der Waals surface area contributed by atoms with Gasteiger partial charge in [-0.05, 0) is 28.8 Å². The largest absolute Gasteiger partial charge is 0.465 e. The molecule has 3 rings (SSSR count). The van der Waals surface area contributed by atoms with Crippen molar-refractivity contribution in [2.24, 2.45) is 0 Å². The molecule has 0 amide bonds. The van der Waals surface area contributed by atoms with Gasteiger partial charge in [-0.2, -0.15) is 0 Å². The lowest BCUT2D eigenvalue weighted by atomic mass is 9.98. The molecule has 0 aliphatic carbocycles. The Morgan fingerprint density at radius 2 is 1.36 bits per heavy atom. The third kappa shape index (κ3) is 4.34. The van der Waals surface area contributed by atoms with Gasteiger partial charge in [-0.3, -0.25) is 0 Å². The topological polar surface area (TPSA) is 38.3 Å². The predicted molar refractivity (Wildman–Crippen MR) is 99.3 cm³/mol. The van der Waals surface area contributed by atoms with Crippen LogP contribution in [-0.4, -0.2) is 13.1 Å². The molecule has 3 aromatic carbocycles. The fraction of sp³-hybridized carbons (Fsp3) is 0.136. The van der Waals surface area contributed by atoms with Crippen LogP contribution in [0.25, 0.3) is 0 Å². The Hall–Kier alpha value is -2.91. The molecule has 0 aliphatic rings. The highest BCUT2D eigenvalue weighted by atomic mass is 16.5. The Labute approximate surface area is 148 Å². The molecule has 1 N–H and O–H groups in total. The second-order valence-electron chi connectivity index (χ2n) is 5.82. The molecule has 3 aromatic rings. The van der Waals surface area contributed by atoms with Crippen molar-refractivity contribution in [1.82, 2.24) is 5.32 Å². The van der Waals surface area contributed by atoms with Crippen LogP contribution in [0.5, 0.6) is 0 Å². The standard InChI is InChI=1S/C22H21NO2/c1-25-22(24)20-14-12-17(13-15-20)16-23-21(18-8-4-2-5-9-18)19-10-6-3-7-11-19/h2-15,21,23H,16H2,1H3. The van der Waals surface area contributed by atoms with Gasteiger partial charge in [0.2, 0.25) is 0 Å². The van der Waals surface area contributed by atoms with Crippen molar-refractivity contribution in [1.29, 1.82) is 0 Å². The summed E-state index contributed by atoms with van der Waals surface area (Å²) >= 11 is 0. The fourth-order valence-electron chi connectivity index (χ4n) is 2.82. The van der Waals surface area contributed by atoms with Crippen LogP contribution in [0.4, 0.5) is 0 Å². The molecule has 0 unspecified atom stereocenters. The summed E-state index contributed by atoms with van der Waals surface area (Å²) in [5, 5.41) is 3.62. The Morgan fingerprint density at radius 1 is 0.840 bits per heavy atom. The Balaban J connectivity index is 1.76. The van der Waals surface area contributed by atoms with Gasteiger partial charge >= 0.3 is 5.97 Å². The van der Waals surface area contributed by atoms with E-state index < -0.39 is 0 Å². The van der Waals surface area contributed by atoms with E-state index in [-0.39, 0.29) is 12.0 Å². The number of methoxy groups -OCH3 is 1. The highest BCUT2D eigenvalue weighted by Gasteiger charge is 2.13. The van der Waals surface area contributed by atoms with E-state index in [1.165, 1.54) is 18.2 Å². The number of hydrogen-bond donors (Lipinski definition) is 1. The molecule has 0 bridgehead atoms. The van der Waals surface area contributed by atoms with Gasteiger partial charge in [-0.25, -0.2) is 4.79 Å². The molecule has 0 fully saturated rings. The molecule has 0 spiro atoms. The van der Waals surface area contributed by atoms with Crippen molar-refractivity contribution in [3.05, 3.63) is 107 Å². The Morgan fingerprint density at radius 3 is 1.84 bits per heavy atom. The number of carbonyl (C=O) groups is 1. The van der Waals surface area contributed by atoms with Crippen LogP contribution in [0.15, 0.2) is 84.9 Å². The molecule has 3 heteroatoms. The van der Waals surface area contributed by atoms with E-state index in [2.05, 4.69) is 53.8 Å². The summed E-state index contributed by atoms with van der Waals surface area (Å²) in [4.78, 5) is 11.5. The maximum Gasteiger partial charge on any atom is 0.337 e. The third-order valence-corrected chi connectivity index (χ3v) is 4.15. The summed E-state index contributed by atoms with van der Waals surface area (Å²) in [7, 11) is 1.39. The quantitative estimate of drug-likeness (QED) is 0.682. The van der Waals surface area contributed by atoms with E-state index in [0.717, 1.165) is 5.56 Å². The van der Waals surface area contributed by atoms with Crippen LogP contribution >= 0.6 is 0 Å². The number of carbonyl (C=O) groups excluding carboxylic acids is 1. The molecule has 126 valence electrons. The third-order valence-electron chi connectivity index (χ3n) is 4.15. The number of benzene rings is 3. The fourth-order valence-corrected chi connectivity index (χ4v) is 2.82. The van der Waals surface area contributed by atoms with E-state index >= 15 is 0 Å². The van der Waals surface area contributed by atoms with E-state index in [4.69, 9.17) is 4.74 Å². The van der Waals surface area contributed by atoms with Gasteiger partial charge in [0, 0.05) is 6.54 Å². The van der Waals surface area contributed by atoms with Gasteiger partial charge < -0.3 is 10.1 Å². The average Bonchev–Trinajstić information content (AvgIpc) is 2.70. The second-order valence-corrected chi connectivity index (χ2v) is 5.82. The normalized spacial score (nSPS) is 10.6. The van der Waals surface area contributed by atoms with Crippen molar-refractivity contribution in [3.63, 3.8) is 0 Å². The van der Waals surface area contributed by atoms with Crippen LogP contribution in [-0.2, 0) is 11.3 Å². The van der Waals surface area contributed by atoms with Crippen LogP contribution in [0.3, 0.4) is 0 Å². The van der Waals surface area contributed by atoms with Gasteiger partial charge in [-0.15, -0.1) is 0 Å². The van der Waals surface area contributed by atoms with Crippen molar-refractivity contribution < 1.29 is 9.53 Å². The van der Waals surface area contributed by atoms with E-state index in [0.29, 0.717) is 12.1 Å². The highest BCUT2D eigenvalue weighted by Crippen LogP contribution is 2.22. The zero-order chi connectivity index (χ0) is 17.5. The first-order valence-corrected chi connectivity index (χ1v) is 8.28.